The molecule has 1 aromatic rings. The van der Waals surface area contributed by atoms with Gasteiger partial charge in [0.05, 0.1) is 20.3 Å². The van der Waals surface area contributed by atoms with Gasteiger partial charge in [-0.1, -0.05) is 6.07 Å². The van der Waals surface area contributed by atoms with Gasteiger partial charge in [0.2, 0.25) is 0 Å². The van der Waals surface area contributed by atoms with E-state index in [1.807, 2.05) is 18.2 Å². The average molecular weight is 318 g/mol. The Labute approximate surface area is 137 Å². The Morgan fingerprint density at radius 3 is 2.78 bits per heavy atom. The third-order valence-corrected chi connectivity index (χ3v) is 5.40. The number of hydrogen-bond acceptors (Lipinski definition) is 5. The molecule has 0 amide bonds. The molecule has 0 radical (unpaired) electrons. The van der Waals surface area contributed by atoms with Crippen molar-refractivity contribution in [3.63, 3.8) is 0 Å². The second-order valence-electron chi connectivity index (χ2n) is 6.69. The Balaban J connectivity index is 1.83. The number of nitrogens with zero attached hydrogens (tertiary/aromatic N) is 1. The molecule has 1 heterocycles. The van der Waals surface area contributed by atoms with E-state index in [9.17, 15) is 4.79 Å². The molecule has 1 aromatic carbocycles. The Bertz CT molecular complexity index is 563. The maximum atomic E-state index is 11.6. The highest BCUT2D eigenvalue weighted by molar-refractivity contribution is 5.58. The van der Waals surface area contributed by atoms with Crippen LogP contribution in [0, 0.1) is 5.92 Å². The first-order valence-corrected chi connectivity index (χ1v) is 8.33. The van der Waals surface area contributed by atoms with E-state index in [2.05, 4.69) is 4.90 Å². The van der Waals surface area contributed by atoms with Crippen molar-refractivity contribution in [2.45, 2.75) is 50.4 Å². The summed E-state index contributed by atoms with van der Waals surface area (Å²) in [5.41, 5.74) is 7.25. The van der Waals surface area contributed by atoms with E-state index in [0.29, 0.717) is 18.5 Å². The fourth-order valence-corrected chi connectivity index (χ4v) is 4.16. The third kappa shape index (κ3) is 3.21. The van der Waals surface area contributed by atoms with E-state index in [4.69, 9.17) is 15.2 Å². The van der Waals surface area contributed by atoms with Gasteiger partial charge in [-0.2, -0.15) is 0 Å². The molecule has 23 heavy (non-hydrogen) atoms. The van der Waals surface area contributed by atoms with Crippen molar-refractivity contribution in [2.75, 3.05) is 14.2 Å². The minimum atomic E-state index is -0.0119. The quantitative estimate of drug-likeness (QED) is 0.841. The number of methoxy groups -OCH3 is 2. The molecular weight excluding hydrogens is 292 g/mol. The summed E-state index contributed by atoms with van der Waals surface area (Å²) in [7, 11) is 3.31. The molecule has 1 saturated heterocycles. The predicted molar refractivity (Wildman–Crippen MR) is 88.7 cm³/mol. The molecule has 2 aliphatic rings. The third-order valence-electron chi connectivity index (χ3n) is 5.40. The standard InChI is InChI=1S/C18H26N2O3/c1-22-16-6-4-13(18(9-16)23-2)10-20-15(11-21)7-12-3-5-14(19)8-17(12)20/h4,6,9,11-12,14-15,17H,3,5,7-8,10,19H2,1-2H3. The highest BCUT2D eigenvalue weighted by atomic mass is 16.5. The van der Waals surface area contributed by atoms with Gasteiger partial charge in [0.25, 0.3) is 0 Å². The van der Waals surface area contributed by atoms with Gasteiger partial charge in [0.15, 0.2) is 0 Å². The molecular formula is C18H26N2O3. The number of rotatable bonds is 5. The first-order valence-electron chi connectivity index (χ1n) is 8.33. The summed E-state index contributed by atoms with van der Waals surface area (Å²) in [5, 5.41) is 0. The molecule has 3 rings (SSSR count). The molecule has 0 spiro atoms. The summed E-state index contributed by atoms with van der Waals surface area (Å²) in [6, 6.07) is 6.50. The highest BCUT2D eigenvalue weighted by Crippen LogP contribution is 2.40. The van der Waals surface area contributed by atoms with E-state index in [1.54, 1.807) is 14.2 Å². The first kappa shape index (κ1) is 16.3. The second-order valence-corrected chi connectivity index (χ2v) is 6.69. The average Bonchev–Trinajstić information content (AvgIpc) is 2.92. The number of carbonyl (C=O) groups is 1. The van der Waals surface area contributed by atoms with Gasteiger partial charge in [-0.15, -0.1) is 0 Å². The minimum Gasteiger partial charge on any atom is -0.497 e. The van der Waals surface area contributed by atoms with Gasteiger partial charge in [0, 0.05) is 30.3 Å². The number of nitrogens with two attached hydrogens (primary N) is 1. The summed E-state index contributed by atoms with van der Waals surface area (Å²) in [5.74, 6) is 2.17. The lowest BCUT2D eigenvalue weighted by molar-refractivity contribution is -0.112. The fourth-order valence-electron chi connectivity index (χ4n) is 4.16. The molecule has 5 nitrogen and oxygen atoms in total. The highest BCUT2D eigenvalue weighted by Gasteiger charge is 2.43. The lowest BCUT2D eigenvalue weighted by Crippen LogP contribution is -2.44. The molecule has 5 heteroatoms. The number of hydrogen-bond donors (Lipinski definition) is 1. The zero-order valence-corrected chi connectivity index (χ0v) is 13.9. The van der Waals surface area contributed by atoms with Crippen LogP contribution in [0.25, 0.3) is 0 Å². The van der Waals surface area contributed by atoms with Crippen molar-refractivity contribution in [1.29, 1.82) is 0 Å². The van der Waals surface area contributed by atoms with Gasteiger partial charge >= 0.3 is 0 Å². The van der Waals surface area contributed by atoms with Crippen LogP contribution in [0.4, 0.5) is 0 Å². The van der Waals surface area contributed by atoms with E-state index in [0.717, 1.165) is 49.0 Å². The maximum absolute atomic E-state index is 11.6. The molecule has 0 bridgehead atoms. The molecule has 1 aliphatic carbocycles. The molecule has 126 valence electrons. The van der Waals surface area contributed by atoms with Gasteiger partial charge < -0.3 is 20.0 Å². The van der Waals surface area contributed by atoms with E-state index < -0.39 is 0 Å². The number of fused-ring (bicyclic) bond motifs is 1. The van der Waals surface area contributed by atoms with Crippen molar-refractivity contribution in [1.82, 2.24) is 4.90 Å². The van der Waals surface area contributed by atoms with Crippen molar-refractivity contribution in [3.8, 4) is 11.5 Å². The molecule has 4 unspecified atom stereocenters. The molecule has 1 saturated carbocycles. The Morgan fingerprint density at radius 2 is 2.09 bits per heavy atom. The first-order chi connectivity index (χ1) is 11.2. The molecule has 4 atom stereocenters. The van der Waals surface area contributed by atoms with Crippen LogP contribution in [-0.2, 0) is 11.3 Å². The van der Waals surface area contributed by atoms with E-state index >= 15 is 0 Å². The number of carbonyl (C=O) groups excluding carboxylic acids is 1. The van der Waals surface area contributed by atoms with Crippen LogP contribution in [0.2, 0.25) is 0 Å². The van der Waals surface area contributed by atoms with Crippen LogP contribution in [0.5, 0.6) is 11.5 Å². The normalized spacial score (nSPS) is 30.7. The Hall–Kier alpha value is -1.59. The van der Waals surface area contributed by atoms with Gasteiger partial charge in [-0.25, -0.2) is 0 Å². The largest absolute Gasteiger partial charge is 0.497 e. The van der Waals surface area contributed by atoms with Crippen molar-refractivity contribution in [3.05, 3.63) is 23.8 Å². The fraction of sp³-hybridized carbons (Fsp3) is 0.611. The topological polar surface area (TPSA) is 64.8 Å². The van der Waals surface area contributed by atoms with Gasteiger partial charge in [-0.05, 0) is 37.7 Å². The van der Waals surface area contributed by atoms with Crippen LogP contribution in [0.15, 0.2) is 18.2 Å². The van der Waals surface area contributed by atoms with Crippen LogP contribution in [-0.4, -0.2) is 43.5 Å². The van der Waals surface area contributed by atoms with E-state index in [-0.39, 0.29) is 12.1 Å². The minimum absolute atomic E-state index is 0.0119. The summed E-state index contributed by atoms with van der Waals surface area (Å²) in [6.07, 6.45) is 5.24. The van der Waals surface area contributed by atoms with Crippen LogP contribution in [0.3, 0.4) is 0 Å². The summed E-state index contributed by atoms with van der Waals surface area (Å²) < 4.78 is 10.8. The number of ether oxygens (including phenoxy) is 2. The zero-order valence-electron chi connectivity index (χ0n) is 13.9. The van der Waals surface area contributed by atoms with Crippen LogP contribution < -0.4 is 15.2 Å². The van der Waals surface area contributed by atoms with Crippen LogP contribution >= 0.6 is 0 Å². The number of benzene rings is 1. The van der Waals surface area contributed by atoms with Crippen LogP contribution in [0.1, 0.15) is 31.2 Å². The summed E-state index contributed by atoms with van der Waals surface area (Å²) >= 11 is 0. The van der Waals surface area contributed by atoms with Gasteiger partial charge in [0.1, 0.15) is 17.8 Å². The van der Waals surface area contributed by atoms with Gasteiger partial charge in [-0.3, -0.25) is 4.90 Å². The number of aldehydes is 1. The summed E-state index contributed by atoms with van der Waals surface area (Å²) in [4.78, 5) is 13.9. The second kappa shape index (κ2) is 6.89. The van der Waals surface area contributed by atoms with Crippen molar-refractivity contribution >= 4 is 6.29 Å². The van der Waals surface area contributed by atoms with Crippen molar-refractivity contribution < 1.29 is 14.3 Å². The lowest BCUT2D eigenvalue weighted by Gasteiger charge is -2.35. The Kier molecular flexibility index (Phi) is 4.87. The van der Waals surface area contributed by atoms with Crippen molar-refractivity contribution in [2.24, 2.45) is 11.7 Å². The molecule has 2 N–H and O–H groups in total. The number of likely N-dealkylation sites (tertiary alicyclic amines) is 1. The smallest absolute Gasteiger partial charge is 0.137 e. The summed E-state index contributed by atoms with van der Waals surface area (Å²) in [6.45, 7) is 0.713. The zero-order chi connectivity index (χ0) is 16.4. The molecule has 0 aromatic heterocycles. The Morgan fingerprint density at radius 1 is 1.26 bits per heavy atom. The maximum Gasteiger partial charge on any atom is 0.137 e. The molecule has 2 fully saturated rings. The SMILES string of the molecule is COc1ccc(CN2C(C=O)CC3CCC(N)CC32)c(OC)c1. The monoisotopic (exact) mass is 318 g/mol. The van der Waals surface area contributed by atoms with E-state index in [1.165, 1.54) is 0 Å². The lowest BCUT2D eigenvalue weighted by atomic mass is 9.82. The molecule has 1 aliphatic heterocycles. The predicted octanol–water partition coefficient (Wildman–Crippen LogP) is 1.97.